The van der Waals surface area contributed by atoms with Crippen LogP contribution in [0.25, 0.3) is 0 Å². The van der Waals surface area contributed by atoms with Crippen molar-refractivity contribution in [3.63, 3.8) is 0 Å². The second-order valence-electron chi connectivity index (χ2n) is 6.16. The molecule has 2 heterocycles. The monoisotopic (exact) mass is 706 g/mol. The van der Waals surface area contributed by atoms with Gasteiger partial charge in [-0.1, -0.05) is 68.3 Å². The minimum atomic E-state index is -0.181. The summed E-state index contributed by atoms with van der Waals surface area (Å²) < 4.78 is 20.8. The van der Waals surface area contributed by atoms with E-state index in [4.69, 9.17) is 39.2 Å². The number of aromatic hydroxyl groups is 2. The van der Waals surface area contributed by atoms with Gasteiger partial charge in [-0.05, 0) is 36.4 Å². The number of phenolic OH excluding ortho intramolecular Hbond substituents is 2. The molecule has 5 rings (SSSR count). The molecule has 0 atom stereocenters. The molecule has 0 radical (unpaired) electrons. The van der Waals surface area contributed by atoms with Crippen LogP contribution in [0.2, 0.25) is 0 Å². The number of para-hydroxylation sites is 6. The van der Waals surface area contributed by atoms with Gasteiger partial charge in [-0.25, -0.2) is 0 Å². The minimum absolute atomic E-state index is 0. The quantitative estimate of drug-likeness (QED) is 0.0846. The molecule has 0 aliphatic carbocycles. The number of hydrogen-bond acceptors (Lipinski definition) is 9. The van der Waals surface area contributed by atoms with E-state index in [1.54, 1.807) is 12.1 Å². The number of halogens is 2. The summed E-state index contributed by atoms with van der Waals surface area (Å²) in [6, 6.07) is 21.4. The number of ether oxygens (including phenoxy) is 4. The molecule has 9 nitrogen and oxygen atoms in total. The van der Waals surface area contributed by atoms with Crippen molar-refractivity contribution in [3.05, 3.63) is 85.3 Å². The Bertz CT molecular complexity index is 975. The molecule has 3 aromatic rings. The van der Waals surface area contributed by atoms with E-state index in [9.17, 15) is 0 Å². The van der Waals surface area contributed by atoms with Crippen molar-refractivity contribution in [2.75, 3.05) is 23.9 Å². The molecule has 2 N–H and O–H groups in total. The SMILES string of the molecule is BrCCBr.C1=COc2ccccc2O1.O=CO[O-].Oc1ccccc1O.[H-].[K+].[K+].c1ccc2c(c1)OCCO2. The first-order valence-corrected chi connectivity index (χ1v) is 12.5. The normalized spacial score (nSPS) is 10.6. The van der Waals surface area contributed by atoms with Gasteiger partial charge in [0.15, 0.2) is 34.5 Å². The van der Waals surface area contributed by atoms with Crippen molar-refractivity contribution in [3.8, 4) is 34.5 Å². The first-order valence-electron chi connectivity index (χ1n) is 10.3. The van der Waals surface area contributed by atoms with Crippen LogP contribution >= 0.6 is 31.9 Å². The Morgan fingerprint density at radius 3 is 1.34 bits per heavy atom. The maximum absolute atomic E-state index is 8.67. The number of alkyl halides is 2. The molecule has 0 aromatic heterocycles. The molecule has 0 amide bonds. The van der Waals surface area contributed by atoms with Gasteiger partial charge in [0.25, 0.3) is 6.47 Å². The van der Waals surface area contributed by atoms with Gasteiger partial charge in [-0.3, -0.25) is 4.79 Å². The summed E-state index contributed by atoms with van der Waals surface area (Å²) in [5, 5.41) is 27.9. The average Bonchev–Trinajstić information content (AvgIpc) is 2.96. The zero-order chi connectivity index (χ0) is 26.4. The fourth-order valence-electron chi connectivity index (χ4n) is 2.30. The minimum Gasteiger partial charge on any atom is -1.00 e. The Morgan fingerprint density at radius 1 is 0.737 bits per heavy atom. The zero-order valence-corrected chi connectivity index (χ0v) is 30.4. The third-order valence-corrected chi connectivity index (χ3v) is 5.59. The van der Waals surface area contributed by atoms with Crippen LogP contribution < -0.4 is 127 Å². The molecule has 0 fully saturated rings. The molecule has 3 aromatic carbocycles. The van der Waals surface area contributed by atoms with Crippen molar-refractivity contribution >= 4 is 38.3 Å². The molecule has 0 unspecified atom stereocenters. The fraction of sp³-hybridized carbons (Fsp3) is 0.160. The predicted molar refractivity (Wildman–Crippen MR) is 140 cm³/mol. The van der Waals surface area contributed by atoms with Crippen LogP contribution in [0.5, 0.6) is 34.5 Å². The van der Waals surface area contributed by atoms with Crippen molar-refractivity contribution in [2.24, 2.45) is 0 Å². The number of carbonyl (C=O) groups excluding carboxylic acids is 1. The van der Waals surface area contributed by atoms with Gasteiger partial charge in [-0.15, -0.1) is 0 Å². The van der Waals surface area contributed by atoms with Crippen molar-refractivity contribution < 1.29 is 148 Å². The number of phenols is 2. The van der Waals surface area contributed by atoms with Crippen molar-refractivity contribution in [1.29, 1.82) is 0 Å². The van der Waals surface area contributed by atoms with Crippen LogP contribution in [0.3, 0.4) is 0 Å². The molecular formula is C25H26Br2K2O9. The van der Waals surface area contributed by atoms with E-state index in [1.165, 1.54) is 24.7 Å². The topological polar surface area (TPSA) is 127 Å². The molecule has 13 heteroatoms. The number of rotatable bonds is 2. The average molecular weight is 708 g/mol. The second-order valence-corrected chi connectivity index (χ2v) is 7.74. The molecule has 2 aliphatic heterocycles. The molecule has 38 heavy (non-hydrogen) atoms. The first kappa shape index (κ1) is 40.0. The van der Waals surface area contributed by atoms with Crippen LogP contribution in [0.4, 0.5) is 0 Å². The number of carbonyl (C=O) groups is 1. The van der Waals surface area contributed by atoms with E-state index < -0.39 is 0 Å². The molecule has 0 saturated carbocycles. The van der Waals surface area contributed by atoms with Crippen LogP contribution in [0.15, 0.2) is 85.3 Å². The van der Waals surface area contributed by atoms with Gasteiger partial charge in [-0.2, -0.15) is 0 Å². The summed E-state index contributed by atoms with van der Waals surface area (Å²) in [4.78, 5) is 11.2. The van der Waals surface area contributed by atoms with E-state index in [2.05, 4.69) is 36.7 Å². The van der Waals surface area contributed by atoms with Gasteiger partial charge in [0, 0.05) is 10.7 Å². The van der Waals surface area contributed by atoms with Crippen molar-refractivity contribution in [2.45, 2.75) is 0 Å². The van der Waals surface area contributed by atoms with E-state index in [0.29, 0.717) is 13.2 Å². The Morgan fingerprint density at radius 2 is 1.05 bits per heavy atom. The molecule has 196 valence electrons. The maximum atomic E-state index is 8.67. The van der Waals surface area contributed by atoms with Crippen LogP contribution in [0.1, 0.15) is 1.43 Å². The summed E-state index contributed by atoms with van der Waals surface area (Å²) in [5.74, 6) is 3.09. The van der Waals surface area contributed by atoms with Crippen molar-refractivity contribution in [1.82, 2.24) is 0 Å². The van der Waals surface area contributed by atoms with E-state index in [0.717, 1.165) is 33.7 Å². The third kappa shape index (κ3) is 18.3. The summed E-state index contributed by atoms with van der Waals surface area (Å²) in [5.41, 5.74) is 0. The number of benzene rings is 3. The van der Waals surface area contributed by atoms with Crippen LogP contribution in [-0.2, 0) is 9.68 Å². The Balaban J connectivity index is -0.000000428. The second kappa shape index (κ2) is 27.1. The largest absolute Gasteiger partial charge is 1.00 e. The van der Waals surface area contributed by atoms with Gasteiger partial charge >= 0.3 is 103 Å². The van der Waals surface area contributed by atoms with Gasteiger partial charge in [0.1, 0.15) is 25.7 Å². The van der Waals surface area contributed by atoms with Gasteiger partial charge in [0.2, 0.25) is 0 Å². The molecular weight excluding hydrogens is 682 g/mol. The number of fused-ring (bicyclic) bond motifs is 2. The summed E-state index contributed by atoms with van der Waals surface area (Å²) in [6.45, 7) is 1.15. The zero-order valence-electron chi connectivity index (χ0n) is 22.0. The summed E-state index contributed by atoms with van der Waals surface area (Å²) in [7, 11) is 0. The number of hydrogen-bond donors (Lipinski definition) is 2. The smallest absolute Gasteiger partial charge is 1.00 e. The van der Waals surface area contributed by atoms with E-state index in [1.807, 2.05) is 48.5 Å². The van der Waals surface area contributed by atoms with E-state index >= 15 is 0 Å². The Kier molecular flexibility index (Phi) is 28.5. The fourth-order valence-corrected chi connectivity index (χ4v) is 2.30. The van der Waals surface area contributed by atoms with Crippen LogP contribution in [0, 0.1) is 0 Å². The third-order valence-electron chi connectivity index (χ3n) is 3.73. The standard InChI is InChI=1S/C8H8O2.C8H6O2.C6H6O2.C2H4Br2.CH2O3.2K.H/c2*1-2-4-8-7(3-1)9-5-6-10-8;7-5-3-1-2-4-6(5)8;3-1-2-4;2-1-4-3;;;/h1-4H,5-6H2;1-6H;1-4,7-8H;1-2H2;1,3H;;;/q;;;;;2*+1;-1/p-1. The molecule has 0 spiro atoms. The van der Waals surface area contributed by atoms with Crippen LogP contribution in [-0.4, -0.2) is 40.6 Å². The Labute approximate surface area is 325 Å². The Hall–Kier alpha value is -0.137. The van der Waals surface area contributed by atoms with E-state index in [-0.39, 0.29) is 122 Å². The molecule has 0 bridgehead atoms. The predicted octanol–water partition coefficient (Wildman–Crippen LogP) is -1.18. The molecule has 0 saturated heterocycles. The summed E-state index contributed by atoms with van der Waals surface area (Å²) >= 11 is 6.40. The maximum Gasteiger partial charge on any atom is 1.00 e. The van der Waals surface area contributed by atoms with Gasteiger partial charge in [0.05, 0.1) is 0 Å². The molecule has 2 aliphatic rings. The van der Waals surface area contributed by atoms with Gasteiger partial charge < -0.3 is 40.7 Å². The summed E-state index contributed by atoms with van der Waals surface area (Å²) in [6.07, 6.45) is 3.03. The first-order chi connectivity index (χ1) is 17.6.